The quantitative estimate of drug-likeness (QED) is 0.162. The summed E-state index contributed by atoms with van der Waals surface area (Å²) in [5.41, 5.74) is 9.68. The molecular formula is C56H33N5O. The Hall–Kier alpha value is -8.48. The average molecular weight is 792 g/mol. The molecule has 13 rings (SSSR count). The first kappa shape index (κ1) is 34.4. The van der Waals surface area contributed by atoms with Gasteiger partial charge in [0.25, 0.3) is 0 Å². The summed E-state index contributed by atoms with van der Waals surface area (Å²) in [5.74, 6) is 1.74. The molecule has 0 aliphatic carbocycles. The zero-order valence-corrected chi connectivity index (χ0v) is 33.2. The molecule has 4 heterocycles. The van der Waals surface area contributed by atoms with E-state index in [2.05, 4.69) is 185 Å². The predicted octanol–water partition coefficient (Wildman–Crippen LogP) is 14.4. The van der Waals surface area contributed by atoms with Crippen LogP contribution in [0.15, 0.2) is 205 Å². The minimum Gasteiger partial charge on any atom is -0.438 e. The third-order valence-corrected chi connectivity index (χ3v) is 12.3. The SMILES string of the molecule is c1ccc2cc(-c3ccc4c5ccccc5n(-c5ccc(-c6nc(-c7ccc8c(c7)oc7ncccc78)nc(-c7ccc8ccc9ccccc9c8c7)n6)cc5)c4c3)ccc2c1. The van der Waals surface area contributed by atoms with E-state index in [1.54, 1.807) is 6.20 Å². The smallest absolute Gasteiger partial charge is 0.227 e. The van der Waals surface area contributed by atoms with Crippen LogP contribution in [0.3, 0.4) is 0 Å². The van der Waals surface area contributed by atoms with Crippen molar-refractivity contribution in [2.45, 2.75) is 0 Å². The molecule has 0 spiro atoms. The molecule has 0 amide bonds. The molecule has 0 aliphatic heterocycles. The van der Waals surface area contributed by atoms with Crippen molar-refractivity contribution in [3.8, 4) is 51.0 Å². The van der Waals surface area contributed by atoms with Gasteiger partial charge in [0.05, 0.1) is 11.0 Å². The lowest BCUT2D eigenvalue weighted by Crippen LogP contribution is -2.01. The van der Waals surface area contributed by atoms with Crippen molar-refractivity contribution >= 4 is 76.2 Å². The summed E-state index contributed by atoms with van der Waals surface area (Å²) in [6, 6.07) is 68.6. The molecular weight excluding hydrogens is 759 g/mol. The fraction of sp³-hybridized carbons (Fsp3) is 0. The molecule has 13 aromatic rings. The van der Waals surface area contributed by atoms with Gasteiger partial charge in [-0.1, -0.05) is 121 Å². The van der Waals surface area contributed by atoms with Crippen molar-refractivity contribution in [2.24, 2.45) is 0 Å². The highest BCUT2D eigenvalue weighted by Crippen LogP contribution is 2.37. The second kappa shape index (κ2) is 13.5. The normalized spacial score (nSPS) is 11.9. The second-order valence-corrected chi connectivity index (χ2v) is 15.9. The Morgan fingerprint density at radius 2 is 0.903 bits per heavy atom. The molecule has 288 valence electrons. The number of aromatic nitrogens is 5. The average Bonchev–Trinajstić information content (AvgIpc) is 3.88. The first-order chi connectivity index (χ1) is 30.7. The minimum absolute atomic E-state index is 0.561. The topological polar surface area (TPSA) is 69.6 Å². The van der Waals surface area contributed by atoms with E-state index in [1.165, 1.54) is 43.4 Å². The van der Waals surface area contributed by atoms with Crippen LogP contribution in [-0.4, -0.2) is 24.5 Å². The van der Waals surface area contributed by atoms with E-state index in [0.717, 1.165) is 60.5 Å². The van der Waals surface area contributed by atoms with Gasteiger partial charge in [0.1, 0.15) is 5.58 Å². The van der Waals surface area contributed by atoms with E-state index in [9.17, 15) is 0 Å². The Balaban J connectivity index is 0.959. The molecule has 62 heavy (non-hydrogen) atoms. The fourth-order valence-corrected chi connectivity index (χ4v) is 9.21. The van der Waals surface area contributed by atoms with Gasteiger partial charge in [0.15, 0.2) is 17.5 Å². The van der Waals surface area contributed by atoms with Gasteiger partial charge >= 0.3 is 0 Å². The van der Waals surface area contributed by atoms with Crippen LogP contribution in [0.25, 0.3) is 127 Å². The number of fused-ring (bicyclic) bond motifs is 10. The highest BCUT2D eigenvalue weighted by atomic mass is 16.3. The molecule has 0 fully saturated rings. The van der Waals surface area contributed by atoms with Gasteiger partial charge in [-0.2, -0.15) is 0 Å². The molecule has 0 radical (unpaired) electrons. The lowest BCUT2D eigenvalue weighted by atomic mass is 10.00. The van der Waals surface area contributed by atoms with Gasteiger partial charge in [0, 0.05) is 50.1 Å². The maximum atomic E-state index is 6.21. The number of rotatable bonds is 5. The number of para-hydroxylation sites is 1. The zero-order chi connectivity index (χ0) is 40.7. The van der Waals surface area contributed by atoms with Crippen LogP contribution in [0.4, 0.5) is 0 Å². The molecule has 0 N–H and O–H groups in total. The molecule has 6 nitrogen and oxygen atoms in total. The molecule has 0 saturated carbocycles. The Labute approximate surface area is 355 Å². The van der Waals surface area contributed by atoms with Gasteiger partial charge in [-0.25, -0.2) is 19.9 Å². The molecule has 6 heteroatoms. The molecule has 0 saturated heterocycles. The van der Waals surface area contributed by atoms with Crippen molar-refractivity contribution in [1.29, 1.82) is 0 Å². The summed E-state index contributed by atoms with van der Waals surface area (Å²) in [7, 11) is 0. The van der Waals surface area contributed by atoms with E-state index in [1.807, 2.05) is 18.2 Å². The van der Waals surface area contributed by atoms with Crippen molar-refractivity contribution < 1.29 is 4.42 Å². The number of hydrogen-bond donors (Lipinski definition) is 0. The first-order valence-corrected chi connectivity index (χ1v) is 20.8. The first-order valence-electron chi connectivity index (χ1n) is 20.8. The maximum Gasteiger partial charge on any atom is 0.227 e. The van der Waals surface area contributed by atoms with Crippen molar-refractivity contribution in [1.82, 2.24) is 24.5 Å². The van der Waals surface area contributed by atoms with Crippen LogP contribution in [0.2, 0.25) is 0 Å². The van der Waals surface area contributed by atoms with Crippen LogP contribution in [0, 0.1) is 0 Å². The monoisotopic (exact) mass is 791 g/mol. The Morgan fingerprint density at radius 1 is 0.339 bits per heavy atom. The lowest BCUT2D eigenvalue weighted by Gasteiger charge is -2.12. The lowest BCUT2D eigenvalue weighted by molar-refractivity contribution is 0.654. The van der Waals surface area contributed by atoms with E-state index >= 15 is 0 Å². The standard InChI is InChI=1S/C56H33N5O/c1-2-10-38-30-39(19-15-34(38)8-1)40-23-27-46-45-12-5-6-14-50(45)61(51(46)32-40)43-25-21-37(22-26-43)53-58-54(41-20-18-36-17-16-35-9-3-4-11-44(35)49(36)31-41)60-55(59-53)42-24-28-47-48-13-7-29-57-56(48)62-52(47)33-42/h1-33H. The Morgan fingerprint density at radius 3 is 1.76 bits per heavy atom. The molecule has 0 bridgehead atoms. The molecule has 9 aromatic carbocycles. The van der Waals surface area contributed by atoms with Crippen molar-refractivity contribution in [2.75, 3.05) is 0 Å². The minimum atomic E-state index is 0.561. The summed E-state index contributed by atoms with van der Waals surface area (Å²) in [5, 5.41) is 11.6. The predicted molar refractivity (Wildman–Crippen MR) is 254 cm³/mol. The molecule has 4 aromatic heterocycles. The van der Waals surface area contributed by atoms with Crippen molar-refractivity contribution in [3.63, 3.8) is 0 Å². The largest absolute Gasteiger partial charge is 0.438 e. The second-order valence-electron chi connectivity index (χ2n) is 15.9. The van der Waals surface area contributed by atoms with E-state index in [0.29, 0.717) is 23.2 Å². The number of pyridine rings is 1. The van der Waals surface area contributed by atoms with Crippen LogP contribution < -0.4 is 0 Å². The van der Waals surface area contributed by atoms with Gasteiger partial charge in [-0.05, 0) is 116 Å². The van der Waals surface area contributed by atoms with Gasteiger partial charge in [-0.3, -0.25) is 0 Å². The Bertz CT molecular complexity index is 3940. The van der Waals surface area contributed by atoms with Gasteiger partial charge in [-0.15, -0.1) is 0 Å². The summed E-state index contributed by atoms with van der Waals surface area (Å²) < 4.78 is 8.57. The summed E-state index contributed by atoms with van der Waals surface area (Å²) in [6.07, 6.45) is 1.75. The van der Waals surface area contributed by atoms with Crippen LogP contribution in [0.1, 0.15) is 0 Å². The van der Waals surface area contributed by atoms with E-state index < -0.39 is 0 Å². The highest BCUT2D eigenvalue weighted by molar-refractivity contribution is 6.11. The van der Waals surface area contributed by atoms with Gasteiger partial charge in [0.2, 0.25) is 5.71 Å². The number of hydrogen-bond acceptors (Lipinski definition) is 5. The van der Waals surface area contributed by atoms with E-state index in [4.69, 9.17) is 19.4 Å². The summed E-state index contributed by atoms with van der Waals surface area (Å²) in [4.78, 5) is 19.9. The third kappa shape index (κ3) is 5.51. The number of benzene rings is 9. The Kier molecular flexibility index (Phi) is 7.50. The van der Waals surface area contributed by atoms with Crippen LogP contribution in [0.5, 0.6) is 0 Å². The van der Waals surface area contributed by atoms with Gasteiger partial charge < -0.3 is 8.98 Å². The maximum absolute atomic E-state index is 6.21. The molecule has 0 unspecified atom stereocenters. The third-order valence-electron chi connectivity index (χ3n) is 12.3. The van der Waals surface area contributed by atoms with Crippen LogP contribution >= 0.6 is 0 Å². The van der Waals surface area contributed by atoms with Crippen LogP contribution in [-0.2, 0) is 0 Å². The molecule has 0 atom stereocenters. The summed E-state index contributed by atoms with van der Waals surface area (Å²) >= 11 is 0. The summed E-state index contributed by atoms with van der Waals surface area (Å²) in [6.45, 7) is 0. The van der Waals surface area contributed by atoms with E-state index in [-0.39, 0.29) is 0 Å². The number of furan rings is 1. The fourth-order valence-electron chi connectivity index (χ4n) is 9.21. The zero-order valence-electron chi connectivity index (χ0n) is 33.2. The molecule has 0 aliphatic rings. The number of nitrogens with zero attached hydrogens (tertiary/aromatic N) is 5. The van der Waals surface area contributed by atoms with Crippen molar-refractivity contribution in [3.05, 3.63) is 200 Å². The highest BCUT2D eigenvalue weighted by Gasteiger charge is 2.18.